The number of carbonyl (C=O) groups is 2. The first-order valence-electron chi connectivity index (χ1n) is 6.19. The molecule has 1 aliphatic heterocycles. The lowest BCUT2D eigenvalue weighted by atomic mass is 10.0. The number of carboxylic acids is 1. The van der Waals surface area contributed by atoms with Crippen molar-refractivity contribution >= 4 is 22.9 Å². The standard InChI is InChI=1S/C13H12N4O3/c1-7(18)17-3-2-10-9(6-17)4-8-5-14-12(13(19)20)16-11(8)15-10/h4-5H,2-3,6H2,1H3,(H,19,20). The van der Waals surface area contributed by atoms with Crippen LogP contribution in [0.15, 0.2) is 12.3 Å². The second-order valence-electron chi connectivity index (χ2n) is 4.70. The molecule has 0 radical (unpaired) electrons. The predicted molar refractivity (Wildman–Crippen MR) is 69.1 cm³/mol. The molecule has 3 heterocycles. The van der Waals surface area contributed by atoms with Crippen molar-refractivity contribution in [3.05, 3.63) is 29.3 Å². The molecule has 7 nitrogen and oxygen atoms in total. The largest absolute Gasteiger partial charge is 0.475 e. The van der Waals surface area contributed by atoms with Crippen molar-refractivity contribution in [2.24, 2.45) is 0 Å². The fourth-order valence-electron chi connectivity index (χ4n) is 2.29. The van der Waals surface area contributed by atoms with Gasteiger partial charge in [0.25, 0.3) is 0 Å². The van der Waals surface area contributed by atoms with E-state index in [1.807, 2.05) is 6.07 Å². The molecule has 7 heteroatoms. The second kappa shape index (κ2) is 4.52. The fourth-order valence-corrected chi connectivity index (χ4v) is 2.29. The van der Waals surface area contributed by atoms with E-state index in [4.69, 9.17) is 5.11 Å². The van der Waals surface area contributed by atoms with Crippen LogP contribution in [0.2, 0.25) is 0 Å². The summed E-state index contributed by atoms with van der Waals surface area (Å²) in [6.07, 6.45) is 2.10. The van der Waals surface area contributed by atoms with Gasteiger partial charge in [0.1, 0.15) is 0 Å². The highest BCUT2D eigenvalue weighted by atomic mass is 16.4. The molecule has 0 fully saturated rings. The van der Waals surface area contributed by atoms with Crippen molar-refractivity contribution in [2.75, 3.05) is 6.54 Å². The maximum absolute atomic E-state index is 11.4. The van der Waals surface area contributed by atoms with Crippen LogP contribution in [0.4, 0.5) is 0 Å². The summed E-state index contributed by atoms with van der Waals surface area (Å²) < 4.78 is 0. The van der Waals surface area contributed by atoms with E-state index in [2.05, 4.69) is 15.0 Å². The van der Waals surface area contributed by atoms with Gasteiger partial charge in [0.05, 0.1) is 0 Å². The molecular weight excluding hydrogens is 260 g/mol. The highest BCUT2D eigenvalue weighted by Gasteiger charge is 2.20. The van der Waals surface area contributed by atoms with Crippen LogP contribution >= 0.6 is 0 Å². The number of pyridine rings is 1. The zero-order valence-electron chi connectivity index (χ0n) is 10.8. The number of aromatic carboxylic acids is 1. The van der Waals surface area contributed by atoms with Crippen LogP contribution in [-0.4, -0.2) is 43.4 Å². The van der Waals surface area contributed by atoms with E-state index in [1.165, 1.54) is 6.20 Å². The topological polar surface area (TPSA) is 96.3 Å². The lowest BCUT2D eigenvalue weighted by molar-refractivity contribution is -0.129. The molecule has 2 aromatic heterocycles. The molecule has 0 unspecified atom stereocenters. The Bertz CT molecular complexity index is 729. The summed E-state index contributed by atoms with van der Waals surface area (Å²) in [4.78, 5) is 36.1. The van der Waals surface area contributed by atoms with Gasteiger partial charge in [-0.05, 0) is 11.6 Å². The van der Waals surface area contributed by atoms with Gasteiger partial charge >= 0.3 is 5.97 Å². The Morgan fingerprint density at radius 2 is 2.15 bits per heavy atom. The van der Waals surface area contributed by atoms with E-state index in [0.29, 0.717) is 30.5 Å². The first-order chi connectivity index (χ1) is 9.54. The Hall–Kier alpha value is -2.57. The van der Waals surface area contributed by atoms with Crippen molar-refractivity contribution < 1.29 is 14.7 Å². The summed E-state index contributed by atoms with van der Waals surface area (Å²) in [6, 6.07) is 1.87. The minimum absolute atomic E-state index is 0.0354. The first kappa shape index (κ1) is 12.5. The molecular formula is C13H12N4O3. The molecule has 102 valence electrons. The van der Waals surface area contributed by atoms with E-state index < -0.39 is 5.97 Å². The molecule has 1 N–H and O–H groups in total. The summed E-state index contributed by atoms with van der Waals surface area (Å²) in [7, 11) is 0. The zero-order valence-corrected chi connectivity index (χ0v) is 10.8. The van der Waals surface area contributed by atoms with Crippen molar-refractivity contribution in [3.8, 4) is 0 Å². The third-order valence-corrected chi connectivity index (χ3v) is 3.35. The van der Waals surface area contributed by atoms with Gasteiger partial charge in [0.2, 0.25) is 11.7 Å². The molecule has 0 aliphatic carbocycles. The van der Waals surface area contributed by atoms with Crippen LogP contribution in [0.25, 0.3) is 11.0 Å². The normalized spacial score (nSPS) is 14.2. The Kier molecular flexibility index (Phi) is 2.81. The van der Waals surface area contributed by atoms with Gasteiger partial charge in [-0.1, -0.05) is 0 Å². The third kappa shape index (κ3) is 2.07. The third-order valence-electron chi connectivity index (χ3n) is 3.35. The molecule has 0 bridgehead atoms. The number of fused-ring (bicyclic) bond motifs is 2. The SMILES string of the molecule is CC(=O)N1CCc2nc3nc(C(=O)O)ncc3cc2C1. The molecule has 0 atom stereocenters. The average Bonchev–Trinajstić information content (AvgIpc) is 2.43. The van der Waals surface area contributed by atoms with Gasteiger partial charge in [-0.2, -0.15) is 0 Å². The summed E-state index contributed by atoms with van der Waals surface area (Å²) in [6.45, 7) is 2.69. The Labute approximate surface area is 114 Å². The molecule has 1 aliphatic rings. The number of hydrogen-bond donors (Lipinski definition) is 1. The summed E-state index contributed by atoms with van der Waals surface area (Å²) >= 11 is 0. The van der Waals surface area contributed by atoms with E-state index in [0.717, 1.165) is 11.3 Å². The van der Waals surface area contributed by atoms with Gasteiger partial charge in [-0.3, -0.25) is 4.79 Å². The van der Waals surface area contributed by atoms with Gasteiger partial charge in [-0.15, -0.1) is 0 Å². The maximum Gasteiger partial charge on any atom is 0.374 e. The molecule has 0 spiro atoms. The van der Waals surface area contributed by atoms with Crippen LogP contribution in [0.1, 0.15) is 28.8 Å². The van der Waals surface area contributed by atoms with Gasteiger partial charge < -0.3 is 10.0 Å². The second-order valence-corrected chi connectivity index (χ2v) is 4.70. The number of carboxylic acid groups (broad SMARTS) is 1. The quantitative estimate of drug-likeness (QED) is 0.817. The van der Waals surface area contributed by atoms with Crippen LogP contribution in [0.3, 0.4) is 0 Å². The number of aromatic nitrogens is 3. The van der Waals surface area contributed by atoms with Crippen molar-refractivity contribution in [2.45, 2.75) is 19.9 Å². The van der Waals surface area contributed by atoms with Crippen molar-refractivity contribution in [3.63, 3.8) is 0 Å². The maximum atomic E-state index is 11.4. The molecule has 3 rings (SSSR count). The number of hydrogen-bond acceptors (Lipinski definition) is 5. The number of nitrogens with zero attached hydrogens (tertiary/aromatic N) is 4. The van der Waals surface area contributed by atoms with Crippen LogP contribution in [0, 0.1) is 0 Å². The van der Waals surface area contributed by atoms with Gasteiger partial charge in [-0.25, -0.2) is 19.7 Å². The summed E-state index contributed by atoms with van der Waals surface area (Å²) in [5.74, 6) is -1.39. The molecule has 20 heavy (non-hydrogen) atoms. The number of rotatable bonds is 1. The molecule has 0 saturated carbocycles. The van der Waals surface area contributed by atoms with E-state index in [-0.39, 0.29) is 11.7 Å². The molecule has 0 aromatic carbocycles. The predicted octanol–water partition coefficient (Wildman–Crippen LogP) is 0.628. The number of carbonyl (C=O) groups excluding carboxylic acids is 1. The first-order valence-corrected chi connectivity index (χ1v) is 6.19. The molecule has 2 aromatic rings. The number of amides is 1. The monoisotopic (exact) mass is 272 g/mol. The molecule has 0 saturated heterocycles. The summed E-state index contributed by atoms with van der Waals surface area (Å²) in [5, 5.41) is 9.56. The lowest BCUT2D eigenvalue weighted by Gasteiger charge is -2.27. The minimum Gasteiger partial charge on any atom is -0.475 e. The molecule has 1 amide bonds. The Morgan fingerprint density at radius 1 is 1.35 bits per heavy atom. The lowest BCUT2D eigenvalue weighted by Crippen LogP contribution is -2.34. The van der Waals surface area contributed by atoms with E-state index in [9.17, 15) is 9.59 Å². The highest BCUT2D eigenvalue weighted by molar-refractivity contribution is 5.86. The van der Waals surface area contributed by atoms with Crippen LogP contribution in [-0.2, 0) is 17.8 Å². The van der Waals surface area contributed by atoms with Crippen LogP contribution in [0.5, 0.6) is 0 Å². The highest BCUT2D eigenvalue weighted by Crippen LogP contribution is 2.21. The van der Waals surface area contributed by atoms with Crippen LogP contribution < -0.4 is 0 Å². The minimum atomic E-state index is -1.17. The fraction of sp³-hybridized carbons (Fsp3) is 0.308. The van der Waals surface area contributed by atoms with Gasteiger partial charge in [0, 0.05) is 43.7 Å². The summed E-state index contributed by atoms with van der Waals surface area (Å²) in [5.41, 5.74) is 2.21. The Morgan fingerprint density at radius 3 is 2.85 bits per heavy atom. The smallest absolute Gasteiger partial charge is 0.374 e. The average molecular weight is 272 g/mol. The zero-order chi connectivity index (χ0) is 14.3. The van der Waals surface area contributed by atoms with E-state index in [1.54, 1.807) is 11.8 Å². The van der Waals surface area contributed by atoms with Gasteiger partial charge in [0.15, 0.2) is 5.65 Å². The Balaban J connectivity index is 2.06. The van der Waals surface area contributed by atoms with Crippen molar-refractivity contribution in [1.29, 1.82) is 0 Å². The van der Waals surface area contributed by atoms with Crippen molar-refractivity contribution in [1.82, 2.24) is 19.9 Å². The van der Waals surface area contributed by atoms with E-state index >= 15 is 0 Å².